The highest BCUT2D eigenvalue weighted by Gasteiger charge is 2.11. The highest BCUT2D eigenvalue weighted by molar-refractivity contribution is 9.10. The highest BCUT2D eigenvalue weighted by atomic mass is 79.9. The van der Waals surface area contributed by atoms with Crippen LogP contribution in [0.25, 0.3) is 0 Å². The van der Waals surface area contributed by atoms with Gasteiger partial charge in [-0.15, -0.1) is 0 Å². The van der Waals surface area contributed by atoms with Crippen molar-refractivity contribution in [3.63, 3.8) is 0 Å². The van der Waals surface area contributed by atoms with E-state index in [1.54, 1.807) is 18.2 Å². The van der Waals surface area contributed by atoms with Gasteiger partial charge in [0.25, 0.3) is 0 Å². The summed E-state index contributed by atoms with van der Waals surface area (Å²) < 4.78 is 8.37. The van der Waals surface area contributed by atoms with E-state index in [0.717, 1.165) is 15.9 Å². The standard InChI is InChI=1S/C14H15BrN2O3/c1-9-13(15)10(2)17(16-9)7-8-20-12-6-4-3-5-11(12)14(18)19/h3-6H,7-8H2,1-2H3,(H,18,19). The predicted molar refractivity (Wildman–Crippen MR) is 78.3 cm³/mol. The number of nitrogens with zero attached hydrogens (tertiary/aromatic N) is 2. The molecular formula is C14H15BrN2O3. The minimum atomic E-state index is -0.991. The van der Waals surface area contributed by atoms with Crippen LogP contribution in [0.4, 0.5) is 0 Å². The zero-order valence-electron chi connectivity index (χ0n) is 11.3. The van der Waals surface area contributed by atoms with Gasteiger partial charge in [0.2, 0.25) is 0 Å². The lowest BCUT2D eigenvalue weighted by atomic mass is 10.2. The molecule has 1 aromatic heterocycles. The average molecular weight is 339 g/mol. The van der Waals surface area contributed by atoms with Crippen molar-refractivity contribution >= 4 is 21.9 Å². The third-order valence-electron chi connectivity index (χ3n) is 2.97. The molecule has 0 spiro atoms. The van der Waals surface area contributed by atoms with Gasteiger partial charge in [0.05, 0.1) is 16.7 Å². The van der Waals surface area contributed by atoms with Crippen LogP contribution in [0.5, 0.6) is 5.75 Å². The number of ether oxygens (including phenoxy) is 1. The van der Waals surface area contributed by atoms with Crippen LogP contribution in [-0.2, 0) is 6.54 Å². The van der Waals surface area contributed by atoms with Crippen molar-refractivity contribution in [3.8, 4) is 5.75 Å². The number of hydrogen-bond acceptors (Lipinski definition) is 3. The van der Waals surface area contributed by atoms with Crippen LogP contribution in [0.1, 0.15) is 21.7 Å². The summed E-state index contributed by atoms with van der Waals surface area (Å²) >= 11 is 3.47. The Balaban J connectivity index is 2.03. The molecule has 106 valence electrons. The van der Waals surface area contributed by atoms with Gasteiger partial charge in [0, 0.05) is 5.69 Å². The summed E-state index contributed by atoms with van der Waals surface area (Å²) in [6.07, 6.45) is 0. The van der Waals surface area contributed by atoms with Crippen molar-refractivity contribution < 1.29 is 14.6 Å². The molecule has 0 bridgehead atoms. The second kappa shape index (κ2) is 6.09. The van der Waals surface area contributed by atoms with Crippen molar-refractivity contribution in [1.82, 2.24) is 9.78 Å². The molecule has 0 saturated heterocycles. The Labute approximate surface area is 125 Å². The van der Waals surface area contributed by atoms with Crippen LogP contribution in [0.15, 0.2) is 28.7 Å². The second-order valence-corrected chi connectivity index (χ2v) is 5.15. The first kappa shape index (κ1) is 14.6. The van der Waals surface area contributed by atoms with Crippen LogP contribution in [0.3, 0.4) is 0 Å². The molecule has 2 rings (SSSR count). The molecule has 1 aromatic carbocycles. The third-order valence-corrected chi connectivity index (χ3v) is 4.12. The molecule has 5 nitrogen and oxygen atoms in total. The minimum absolute atomic E-state index is 0.169. The summed E-state index contributed by atoms with van der Waals surface area (Å²) in [6, 6.07) is 6.61. The SMILES string of the molecule is Cc1nn(CCOc2ccccc2C(=O)O)c(C)c1Br. The normalized spacial score (nSPS) is 10.6. The Morgan fingerprint density at radius 1 is 1.40 bits per heavy atom. The molecule has 0 atom stereocenters. The molecule has 20 heavy (non-hydrogen) atoms. The van der Waals surface area contributed by atoms with Crippen LogP contribution in [0, 0.1) is 13.8 Å². The van der Waals surface area contributed by atoms with Crippen molar-refractivity contribution in [2.24, 2.45) is 0 Å². The van der Waals surface area contributed by atoms with Crippen molar-refractivity contribution in [3.05, 3.63) is 45.7 Å². The van der Waals surface area contributed by atoms with E-state index in [0.29, 0.717) is 18.9 Å². The molecule has 0 aliphatic rings. The topological polar surface area (TPSA) is 64.4 Å². The largest absolute Gasteiger partial charge is 0.491 e. The maximum atomic E-state index is 11.1. The van der Waals surface area contributed by atoms with Crippen molar-refractivity contribution in [2.75, 3.05) is 6.61 Å². The molecule has 0 amide bonds. The summed E-state index contributed by atoms with van der Waals surface area (Å²) in [6.45, 7) is 4.81. The maximum absolute atomic E-state index is 11.1. The number of benzene rings is 1. The van der Waals surface area contributed by atoms with Crippen molar-refractivity contribution in [1.29, 1.82) is 0 Å². The van der Waals surface area contributed by atoms with Gasteiger partial charge in [-0.2, -0.15) is 5.10 Å². The second-order valence-electron chi connectivity index (χ2n) is 4.36. The van der Waals surface area contributed by atoms with Crippen LogP contribution < -0.4 is 4.74 Å². The van der Waals surface area contributed by atoms with E-state index >= 15 is 0 Å². The third kappa shape index (κ3) is 3.01. The number of aryl methyl sites for hydroxylation is 1. The number of rotatable bonds is 5. The quantitative estimate of drug-likeness (QED) is 0.909. The molecule has 0 fully saturated rings. The zero-order chi connectivity index (χ0) is 14.7. The molecule has 2 aromatic rings. The van der Waals surface area contributed by atoms with E-state index in [4.69, 9.17) is 9.84 Å². The summed E-state index contributed by atoms with van der Waals surface area (Å²) in [5, 5.41) is 13.4. The van der Waals surface area contributed by atoms with E-state index in [-0.39, 0.29) is 5.56 Å². The number of para-hydroxylation sites is 1. The number of carbonyl (C=O) groups is 1. The van der Waals surface area contributed by atoms with E-state index in [2.05, 4.69) is 21.0 Å². The minimum Gasteiger partial charge on any atom is -0.491 e. The monoisotopic (exact) mass is 338 g/mol. The van der Waals surface area contributed by atoms with Gasteiger partial charge in [-0.3, -0.25) is 4.68 Å². The summed E-state index contributed by atoms with van der Waals surface area (Å²) in [5.41, 5.74) is 2.12. The molecule has 0 unspecified atom stereocenters. The molecule has 1 heterocycles. The lowest BCUT2D eigenvalue weighted by Gasteiger charge is -2.09. The summed E-state index contributed by atoms with van der Waals surface area (Å²) in [4.78, 5) is 11.1. The van der Waals surface area contributed by atoms with Crippen molar-refractivity contribution in [2.45, 2.75) is 20.4 Å². The number of halogens is 1. The van der Waals surface area contributed by atoms with Gasteiger partial charge in [0.15, 0.2) is 0 Å². The molecule has 0 aliphatic carbocycles. The number of carboxylic acids is 1. The molecule has 0 radical (unpaired) electrons. The fraction of sp³-hybridized carbons (Fsp3) is 0.286. The summed E-state index contributed by atoms with van der Waals surface area (Å²) in [5.74, 6) is -0.616. The maximum Gasteiger partial charge on any atom is 0.339 e. The van der Waals surface area contributed by atoms with Crippen LogP contribution in [0.2, 0.25) is 0 Å². The Hall–Kier alpha value is -1.82. The molecular weight excluding hydrogens is 324 g/mol. The van der Waals surface area contributed by atoms with Crippen LogP contribution in [-0.4, -0.2) is 27.5 Å². The van der Waals surface area contributed by atoms with Gasteiger partial charge >= 0.3 is 5.97 Å². The molecule has 0 saturated carbocycles. The van der Waals surface area contributed by atoms with E-state index in [1.807, 2.05) is 18.5 Å². The lowest BCUT2D eigenvalue weighted by molar-refractivity contribution is 0.0692. The molecule has 0 aliphatic heterocycles. The smallest absolute Gasteiger partial charge is 0.339 e. The van der Waals surface area contributed by atoms with E-state index in [1.165, 1.54) is 6.07 Å². The first-order valence-electron chi connectivity index (χ1n) is 6.15. The Kier molecular flexibility index (Phi) is 4.44. The zero-order valence-corrected chi connectivity index (χ0v) is 12.8. The van der Waals surface area contributed by atoms with Gasteiger partial charge in [-0.25, -0.2) is 4.79 Å². The highest BCUT2D eigenvalue weighted by Crippen LogP contribution is 2.20. The van der Waals surface area contributed by atoms with E-state index < -0.39 is 5.97 Å². The van der Waals surface area contributed by atoms with Gasteiger partial charge in [0.1, 0.15) is 17.9 Å². The number of carboxylic acid groups (broad SMARTS) is 1. The number of hydrogen-bond donors (Lipinski definition) is 1. The first-order chi connectivity index (χ1) is 9.50. The fourth-order valence-electron chi connectivity index (χ4n) is 1.90. The number of aromatic carboxylic acids is 1. The molecule has 6 heteroatoms. The Morgan fingerprint density at radius 3 is 2.70 bits per heavy atom. The fourth-order valence-corrected chi connectivity index (χ4v) is 2.19. The number of aromatic nitrogens is 2. The summed E-state index contributed by atoms with van der Waals surface area (Å²) in [7, 11) is 0. The van der Waals surface area contributed by atoms with Crippen LogP contribution >= 0.6 is 15.9 Å². The first-order valence-corrected chi connectivity index (χ1v) is 6.94. The lowest BCUT2D eigenvalue weighted by Crippen LogP contribution is -2.12. The predicted octanol–water partition coefficient (Wildman–Crippen LogP) is 3.04. The average Bonchev–Trinajstić information content (AvgIpc) is 2.67. The Bertz CT molecular complexity index is 637. The van der Waals surface area contributed by atoms with Gasteiger partial charge < -0.3 is 9.84 Å². The molecule has 1 N–H and O–H groups in total. The Morgan fingerprint density at radius 2 is 2.10 bits per heavy atom. The van der Waals surface area contributed by atoms with Gasteiger partial charge in [-0.1, -0.05) is 12.1 Å². The van der Waals surface area contributed by atoms with E-state index in [9.17, 15) is 4.79 Å². The van der Waals surface area contributed by atoms with Gasteiger partial charge in [-0.05, 0) is 41.9 Å².